The Balaban J connectivity index is 2.60. The number of halogens is 3. The maximum absolute atomic E-state index is 12.4. The van der Waals surface area contributed by atoms with Crippen LogP contribution in [0.1, 0.15) is 10.4 Å². The van der Waals surface area contributed by atoms with Gasteiger partial charge in [-0.15, -0.1) is 0 Å². The average Bonchev–Trinajstić information content (AvgIpc) is 2.51. The maximum Gasteiger partial charge on any atom is 0.534 e. The van der Waals surface area contributed by atoms with Crippen LogP contribution in [0.5, 0.6) is 5.75 Å². The minimum Gasteiger partial charge on any atom is -0.388 e. The van der Waals surface area contributed by atoms with E-state index in [0.29, 0.717) is 16.5 Å². The number of hydrogen-bond acceptors (Lipinski definition) is 5. The Morgan fingerprint density at radius 3 is 2.29 bits per heavy atom. The topological polar surface area (TPSA) is 84.5 Å². The fourth-order valence-electron chi connectivity index (χ4n) is 2.10. The van der Waals surface area contributed by atoms with Crippen LogP contribution in [0.25, 0.3) is 10.8 Å². The van der Waals surface area contributed by atoms with E-state index in [1.807, 2.05) is 0 Å². The molecule has 0 aliphatic heterocycles. The second-order valence-electron chi connectivity index (χ2n) is 4.68. The van der Waals surface area contributed by atoms with Gasteiger partial charge < -0.3 is 14.8 Å². The van der Waals surface area contributed by atoms with Crippen LogP contribution in [0.15, 0.2) is 30.3 Å². The van der Waals surface area contributed by atoms with Gasteiger partial charge in [-0.3, -0.25) is 4.79 Å². The molecule has 6 nitrogen and oxygen atoms in total. The molecule has 0 unspecified atom stereocenters. The summed E-state index contributed by atoms with van der Waals surface area (Å²) in [7, 11) is -2.75. The fraction of sp³-hybridized carbons (Fsp3) is 0.214. The number of fused-ring (bicyclic) bond motifs is 1. The van der Waals surface area contributed by atoms with Gasteiger partial charge in [0.2, 0.25) is 0 Å². The predicted molar refractivity (Wildman–Crippen MR) is 82.5 cm³/mol. The van der Waals surface area contributed by atoms with Crippen molar-refractivity contribution in [3.05, 3.63) is 35.9 Å². The highest BCUT2D eigenvalue weighted by Crippen LogP contribution is 2.33. The van der Waals surface area contributed by atoms with Gasteiger partial charge in [-0.1, -0.05) is 0 Å². The van der Waals surface area contributed by atoms with Crippen molar-refractivity contribution in [2.24, 2.45) is 0 Å². The minimum atomic E-state index is -5.77. The molecule has 2 aromatic rings. The van der Waals surface area contributed by atoms with Crippen LogP contribution >= 0.6 is 0 Å². The van der Waals surface area contributed by atoms with Crippen molar-refractivity contribution in [1.82, 2.24) is 5.32 Å². The normalized spacial score (nSPS) is 12.0. The minimum absolute atomic E-state index is 0.289. The lowest BCUT2D eigenvalue weighted by Gasteiger charge is -2.13. The third-order valence-electron chi connectivity index (χ3n) is 3.22. The molecule has 10 heteroatoms. The van der Waals surface area contributed by atoms with Crippen LogP contribution in [0.4, 0.5) is 18.9 Å². The first-order valence-corrected chi connectivity index (χ1v) is 7.99. The van der Waals surface area contributed by atoms with Gasteiger partial charge in [0.15, 0.2) is 0 Å². The Morgan fingerprint density at radius 1 is 1.08 bits per heavy atom. The summed E-state index contributed by atoms with van der Waals surface area (Å²) in [6.45, 7) is 0. The number of carbonyl (C=O) groups excluding carboxylic acids is 1. The van der Waals surface area contributed by atoms with Crippen LogP contribution in [-0.4, -0.2) is 33.9 Å². The van der Waals surface area contributed by atoms with Crippen LogP contribution < -0.4 is 14.8 Å². The molecule has 0 spiro atoms. The molecule has 0 aromatic heterocycles. The summed E-state index contributed by atoms with van der Waals surface area (Å²) in [6, 6.07) is 6.59. The number of nitrogens with one attached hydrogen (secondary N) is 2. The van der Waals surface area contributed by atoms with Crippen molar-refractivity contribution in [2.75, 3.05) is 19.4 Å². The Morgan fingerprint density at radius 2 is 1.75 bits per heavy atom. The van der Waals surface area contributed by atoms with Gasteiger partial charge in [0.25, 0.3) is 5.91 Å². The van der Waals surface area contributed by atoms with E-state index in [1.165, 1.54) is 13.1 Å². The van der Waals surface area contributed by atoms with E-state index in [1.54, 1.807) is 19.2 Å². The summed E-state index contributed by atoms with van der Waals surface area (Å²) < 4.78 is 63.6. The predicted octanol–water partition coefficient (Wildman–Crippen LogP) is 2.47. The van der Waals surface area contributed by atoms with E-state index in [2.05, 4.69) is 14.8 Å². The Labute approximate surface area is 135 Å². The zero-order valence-corrected chi connectivity index (χ0v) is 13.4. The Kier molecular flexibility index (Phi) is 4.61. The van der Waals surface area contributed by atoms with E-state index in [0.717, 1.165) is 12.1 Å². The summed E-state index contributed by atoms with van der Waals surface area (Å²) in [5, 5.41) is 6.03. The highest BCUT2D eigenvalue weighted by atomic mass is 32.2. The van der Waals surface area contributed by atoms with Gasteiger partial charge in [-0.05, 0) is 35.7 Å². The van der Waals surface area contributed by atoms with Gasteiger partial charge in [-0.25, -0.2) is 0 Å². The molecular weight excluding hydrogens is 349 g/mol. The van der Waals surface area contributed by atoms with Crippen LogP contribution in [-0.2, 0) is 10.1 Å². The Hall–Kier alpha value is -2.49. The molecule has 0 fully saturated rings. The summed E-state index contributed by atoms with van der Waals surface area (Å²) in [6.07, 6.45) is 0. The fourth-order valence-corrected chi connectivity index (χ4v) is 2.56. The van der Waals surface area contributed by atoms with Gasteiger partial charge >= 0.3 is 15.6 Å². The first kappa shape index (κ1) is 17.9. The van der Waals surface area contributed by atoms with E-state index in [-0.39, 0.29) is 11.5 Å². The number of alkyl halides is 3. The standard InChI is InChI=1S/C14H13F3N2O4S/c1-18-12-6-5-10(13(20)19-2)9-4-3-8(7-11(9)12)23-24(21,22)14(15,16)17/h3-7,18H,1-2H3,(H,19,20). The molecule has 0 aliphatic carbocycles. The highest BCUT2D eigenvalue weighted by molar-refractivity contribution is 7.88. The molecule has 130 valence electrons. The SMILES string of the molecule is CNC(=O)c1ccc(NC)c2cc(OS(=O)(=O)C(F)(F)F)ccc12. The number of rotatable bonds is 4. The van der Waals surface area contributed by atoms with Crippen molar-refractivity contribution in [3.63, 3.8) is 0 Å². The molecule has 2 N–H and O–H groups in total. The number of anilines is 1. The molecule has 0 bridgehead atoms. The largest absolute Gasteiger partial charge is 0.534 e. The number of amides is 1. The second-order valence-corrected chi connectivity index (χ2v) is 6.22. The lowest BCUT2D eigenvalue weighted by molar-refractivity contribution is -0.0500. The molecule has 0 saturated heterocycles. The van der Waals surface area contributed by atoms with E-state index < -0.39 is 21.4 Å². The molecule has 0 heterocycles. The van der Waals surface area contributed by atoms with E-state index in [9.17, 15) is 26.4 Å². The zero-order chi connectivity index (χ0) is 18.1. The summed E-state index contributed by atoms with van der Waals surface area (Å²) in [4.78, 5) is 11.9. The maximum atomic E-state index is 12.4. The molecule has 1 amide bonds. The summed E-state index contributed by atoms with van der Waals surface area (Å²) >= 11 is 0. The van der Waals surface area contributed by atoms with Crippen molar-refractivity contribution >= 4 is 32.5 Å². The molecule has 0 radical (unpaired) electrons. The van der Waals surface area contributed by atoms with Gasteiger partial charge in [0.05, 0.1) is 0 Å². The second kappa shape index (κ2) is 6.19. The quantitative estimate of drug-likeness (QED) is 0.645. The molecule has 2 rings (SSSR count). The van der Waals surface area contributed by atoms with E-state index >= 15 is 0 Å². The first-order chi connectivity index (χ1) is 11.1. The third-order valence-corrected chi connectivity index (χ3v) is 4.20. The lowest BCUT2D eigenvalue weighted by atomic mass is 10.0. The molecule has 0 aliphatic rings. The lowest BCUT2D eigenvalue weighted by Crippen LogP contribution is -2.28. The van der Waals surface area contributed by atoms with Gasteiger partial charge in [0.1, 0.15) is 5.75 Å². The van der Waals surface area contributed by atoms with Crippen LogP contribution in [0, 0.1) is 0 Å². The van der Waals surface area contributed by atoms with E-state index in [4.69, 9.17) is 0 Å². The van der Waals surface area contributed by atoms with Crippen LogP contribution in [0.2, 0.25) is 0 Å². The van der Waals surface area contributed by atoms with Crippen molar-refractivity contribution < 1.29 is 30.6 Å². The van der Waals surface area contributed by atoms with Gasteiger partial charge in [-0.2, -0.15) is 21.6 Å². The summed E-state index contributed by atoms with van der Waals surface area (Å²) in [5.41, 5.74) is -4.75. The van der Waals surface area contributed by atoms with Crippen molar-refractivity contribution in [2.45, 2.75) is 5.51 Å². The first-order valence-electron chi connectivity index (χ1n) is 6.58. The van der Waals surface area contributed by atoms with Crippen molar-refractivity contribution in [1.29, 1.82) is 0 Å². The third kappa shape index (κ3) is 3.23. The highest BCUT2D eigenvalue weighted by Gasteiger charge is 2.48. The smallest absolute Gasteiger partial charge is 0.388 e. The average molecular weight is 362 g/mol. The molecule has 0 atom stereocenters. The number of carbonyl (C=O) groups is 1. The van der Waals surface area contributed by atoms with Gasteiger partial charge in [0, 0.05) is 30.7 Å². The monoisotopic (exact) mass is 362 g/mol. The van der Waals surface area contributed by atoms with Crippen molar-refractivity contribution in [3.8, 4) is 5.75 Å². The zero-order valence-electron chi connectivity index (χ0n) is 12.6. The summed E-state index contributed by atoms with van der Waals surface area (Å²) in [5.74, 6) is -0.899. The Bertz CT molecular complexity index is 895. The molecule has 2 aromatic carbocycles. The number of hydrogen-bond donors (Lipinski definition) is 2. The molecule has 24 heavy (non-hydrogen) atoms. The van der Waals surface area contributed by atoms with Crippen LogP contribution in [0.3, 0.4) is 0 Å². The molecule has 0 saturated carbocycles. The number of benzene rings is 2. The molecular formula is C14H13F3N2O4S.